The summed E-state index contributed by atoms with van der Waals surface area (Å²) in [6, 6.07) is 0. The van der Waals surface area contributed by atoms with Gasteiger partial charge in [-0.1, -0.05) is 25.5 Å². The number of carboxylic acid groups (broad SMARTS) is 1. The fraction of sp³-hybridized carbons (Fsp3) is 0.826. The van der Waals surface area contributed by atoms with E-state index >= 15 is 0 Å². The second kappa shape index (κ2) is 6.72. The van der Waals surface area contributed by atoms with E-state index in [1.54, 1.807) is 0 Å². The van der Waals surface area contributed by atoms with Crippen molar-refractivity contribution in [2.75, 3.05) is 0 Å². The van der Waals surface area contributed by atoms with E-state index in [2.05, 4.69) is 19.9 Å². The number of aliphatic hydroxyl groups excluding tert-OH is 1. The van der Waals surface area contributed by atoms with Crippen LogP contribution in [0.3, 0.4) is 0 Å². The van der Waals surface area contributed by atoms with Crippen LogP contribution in [-0.4, -0.2) is 28.1 Å². The summed E-state index contributed by atoms with van der Waals surface area (Å²) in [5, 5.41) is 20.0. The Balaban J connectivity index is 1.54. The van der Waals surface area contributed by atoms with E-state index in [1.807, 2.05) is 0 Å². The minimum absolute atomic E-state index is 0.138. The molecular formula is C23H34O4. The average molecular weight is 375 g/mol. The topological polar surface area (TPSA) is 74.6 Å². The Bertz CT molecular complexity index is 667. The van der Waals surface area contributed by atoms with Crippen molar-refractivity contribution >= 4 is 11.8 Å². The van der Waals surface area contributed by atoms with Crippen molar-refractivity contribution in [3.8, 4) is 0 Å². The second-order valence-electron chi connectivity index (χ2n) is 10.2. The Hall–Kier alpha value is -1.16. The van der Waals surface area contributed by atoms with Gasteiger partial charge in [-0.25, -0.2) is 0 Å². The maximum absolute atomic E-state index is 12.5. The Kier molecular flexibility index (Phi) is 4.77. The number of fused-ring (bicyclic) bond motifs is 5. The number of hydrogen-bond donors (Lipinski definition) is 2. The summed E-state index contributed by atoms with van der Waals surface area (Å²) < 4.78 is 0. The summed E-state index contributed by atoms with van der Waals surface area (Å²) in [5.74, 6) is 1.57. The summed E-state index contributed by atoms with van der Waals surface area (Å²) >= 11 is 0. The van der Waals surface area contributed by atoms with Gasteiger partial charge in [-0.2, -0.15) is 0 Å². The molecule has 4 aliphatic rings. The molecule has 7 atom stereocenters. The molecule has 2 N–H and O–H groups in total. The Morgan fingerprint density at radius 1 is 1.15 bits per heavy atom. The minimum atomic E-state index is -0.746. The molecule has 0 radical (unpaired) electrons. The Morgan fingerprint density at radius 3 is 2.67 bits per heavy atom. The van der Waals surface area contributed by atoms with E-state index in [-0.39, 0.29) is 29.3 Å². The van der Waals surface area contributed by atoms with E-state index < -0.39 is 5.97 Å². The van der Waals surface area contributed by atoms with Gasteiger partial charge >= 0.3 is 5.97 Å². The maximum Gasteiger partial charge on any atom is 0.303 e. The van der Waals surface area contributed by atoms with Crippen LogP contribution in [0.25, 0.3) is 0 Å². The number of rotatable bonds is 3. The molecule has 0 aromatic rings. The summed E-state index contributed by atoms with van der Waals surface area (Å²) in [4.78, 5) is 23.3. The first-order chi connectivity index (χ1) is 12.8. The van der Waals surface area contributed by atoms with Gasteiger partial charge in [0.1, 0.15) is 5.78 Å². The number of aliphatic hydroxyl groups is 1. The molecule has 4 rings (SSSR count). The van der Waals surface area contributed by atoms with Gasteiger partial charge in [0.15, 0.2) is 0 Å². The standard InChI is InChI=1S/C23H34O4/c1-22-10-8-14(4-3-5-21(26)27)12-18(22)19(24)13-15-16-6-7-20(25)23(16,2)11-9-17(15)22/h4,15-19,24H,3,5-13H2,1-2H3,(H,26,27)/b14-4+/t15?,16?,17?,18?,19-,22+,23?/m0/s1. The van der Waals surface area contributed by atoms with Crippen molar-refractivity contribution in [2.24, 2.45) is 34.5 Å². The SMILES string of the molecule is CC12CCC3C(C[C@H](O)C4C/C(=C/CCC(=O)O)CC[C@]34C)C1CCC2=O. The molecule has 0 spiro atoms. The van der Waals surface area contributed by atoms with Crippen LogP contribution in [0.1, 0.15) is 78.1 Å². The van der Waals surface area contributed by atoms with E-state index in [1.165, 1.54) is 5.57 Å². The number of carbonyl (C=O) groups excluding carboxylic acids is 1. The number of Topliss-reactive ketones (excluding diaryl/α,β-unsaturated/α-hetero) is 1. The molecule has 0 aromatic carbocycles. The molecule has 0 saturated heterocycles. The maximum atomic E-state index is 12.5. The zero-order valence-electron chi connectivity index (χ0n) is 16.7. The molecule has 0 bridgehead atoms. The van der Waals surface area contributed by atoms with E-state index in [0.29, 0.717) is 30.0 Å². The fourth-order valence-electron chi connectivity index (χ4n) is 7.50. The van der Waals surface area contributed by atoms with Crippen molar-refractivity contribution < 1.29 is 19.8 Å². The van der Waals surface area contributed by atoms with Crippen molar-refractivity contribution in [3.63, 3.8) is 0 Å². The molecule has 4 aliphatic carbocycles. The molecule has 0 amide bonds. The third-order valence-corrected chi connectivity index (χ3v) is 9.08. The number of allylic oxidation sites excluding steroid dienone is 2. The molecule has 0 aromatic heterocycles. The fourth-order valence-corrected chi connectivity index (χ4v) is 7.50. The number of hydrogen-bond acceptors (Lipinski definition) is 3. The van der Waals surface area contributed by atoms with Gasteiger partial charge in [-0.05, 0) is 80.5 Å². The van der Waals surface area contributed by atoms with E-state index in [4.69, 9.17) is 5.11 Å². The zero-order valence-corrected chi connectivity index (χ0v) is 16.7. The Morgan fingerprint density at radius 2 is 1.93 bits per heavy atom. The number of carboxylic acids is 1. The second-order valence-corrected chi connectivity index (χ2v) is 10.2. The lowest BCUT2D eigenvalue weighted by atomic mass is 9.44. The Labute approximate surface area is 162 Å². The highest BCUT2D eigenvalue weighted by Crippen LogP contribution is 2.65. The number of aliphatic carboxylic acids is 1. The lowest BCUT2D eigenvalue weighted by molar-refractivity contribution is -0.155. The molecule has 5 unspecified atom stereocenters. The third-order valence-electron chi connectivity index (χ3n) is 9.08. The molecule has 27 heavy (non-hydrogen) atoms. The van der Waals surface area contributed by atoms with Crippen LogP contribution < -0.4 is 0 Å². The quantitative estimate of drug-likeness (QED) is 0.720. The van der Waals surface area contributed by atoms with Crippen molar-refractivity contribution in [1.82, 2.24) is 0 Å². The zero-order chi connectivity index (χ0) is 19.4. The van der Waals surface area contributed by atoms with Gasteiger partial charge in [0.05, 0.1) is 6.10 Å². The molecule has 4 saturated carbocycles. The van der Waals surface area contributed by atoms with Gasteiger partial charge in [-0.15, -0.1) is 0 Å². The van der Waals surface area contributed by atoms with Crippen LogP contribution in [0.4, 0.5) is 0 Å². The molecule has 4 fully saturated rings. The highest BCUT2D eigenvalue weighted by Gasteiger charge is 2.61. The minimum Gasteiger partial charge on any atom is -0.481 e. The highest BCUT2D eigenvalue weighted by molar-refractivity contribution is 5.87. The van der Waals surface area contributed by atoms with E-state index in [0.717, 1.165) is 51.4 Å². The molecule has 150 valence electrons. The lowest BCUT2D eigenvalue weighted by Crippen LogP contribution is -2.57. The predicted molar refractivity (Wildman–Crippen MR) is 103 cm³/mol. The number of carbonyl (C=O) groups is 2. The summed E-state index contributed by atoms with van der Waals surface area (Å²) in [6.07, 6.45) is 10.4. The number of ketones is 1. The van der Waals surface area contributed by atoms with Gasteiger partial charge in [0.2, 0.25) is 0 Å². The van der Waals surface area contributed by atoms with Crippen LogP contribution in [0.2, 0.25) is 0 Å². The van der Waals surface area contributed by atoms with Crippen molar-refractivity contribution in [2.45, 2.75) is 84.2 Å². The van der Waals surface area contributed by atoms with Gasteiger partial charge < -0.3 is 10.2 Å². The highest BCUT2D eigenvalue weighted by atomic mass is 16.4. The van der Waals surface area contributed by atoms with Crippen LogP contribution in [0.5, 0.6) is 0 Å². The summed E-state index contributed by atoms with van der Waals surface area (Å²) in [7, 11) is 0. The monoisotopic (exact) mass is 374 g/mol. The summed E-state index contributed by atoms with van der Waals surface area (Å²) in [5.41, 5.74) is 1.35. The van der Waals surface area contributed by atoms with Gasteiger partial charge in [0, 0.05) is 18.3 Å². The van der Waals surface area contributed by atoms with Crippen LogP contribution >= 0.6 is 0 Å². The molecule has 4 nitrogen and oxygen atoms in total. The average Bonchev–Trinajstić information content (AvgIpc) is 2.91. The smallest absolute Gasteiger partial charge is 0.303 e. The molecule has 4 heteroatoms. The molecule has 0 aliphatic heterocycles. The van der Waals surface area contributed by atoms with Gasteiger partial charge in [0.25, 0.3) is 0 Å². The molecule has 0 heterocycles. The van der Waals surface area contributed by atoms with Gasteiger partial charge in [-0.3, -0.25) is 9.59 Å². The van der Waals surface area contributed by atoms with Crippen molar-refractivity contribution in [3.05, 3.63) is 11.6 Å². The van der Waals surface area contributed by atoms with Crippen LogP contribution in [0.15, 0.2) is 11.6 Å². The van der Waals surface area contributed by atoms with Crippen molar-refractivity contribution in [1.29, 1.82) is 0 Å². The first-order valence-electron chi connectivity index (χ1n) is 10.9. The largest absolute Gasteiger partial charge is 0.481 e. The predicted octanol–water partition coefficient (Wildman–Crippen LogP) is 4.36. The third kappa shape index (κ3) is 2.99. The lowest BCUT2D eigenvalue weighted by Gasteiger charge is -2.61. The molecular weight excluding hydrogens is 340 g/mol. The first-order valence-corrected chi connectivity index (χ1v) is 10.9. The summed E-state index contributed by atoms with van der Waals surface area (Å²) in [6.45, 7) is 4.58. The van der Waals surface area contributed by atoms with Crippen LogP contribution in [-0.2, 0) is 9.59 Å². The van der Waals surface area contributed by atoms with E-state index in [9.17, 15) is 14.7 Å². The normalized spacial score (nSPS) is 48.0. The first kappa shape index (κ1) is 19.2. The van der Waals surface area contributed by atoms with Crippen LogP contribution in [0, 0.1) is 34.5 Å².